The lowest BCUT2D eigenvalue weighted by Crippen LogP contribution is -2.59. The molecule has 7 heteroatoms. The van der Waals surface area contributed by atoms with Crippen molar-refractivity contribution in [2.45, 2.75) is 37.9 Å². The zero-order chi connectivity index (χ0) is 20.0. The maximum Gasteiger partial charge on any atom is 0.335 e. The van der Waals surface area contributed by atoms with Crippen LogP contribution in [0.5, 0.6) is 0 Å². The Hall–Kier alpha value is -2.77. The third-order valence-corrected chi connectivity index (χ3v) is 5.14. The minimum Gasteiger partial charge on any atom is -0.478 e. The van der Waals surface area contributed by atoms with E-state index in [4.69, 9.17) is 9.84 Å². The fourth-order valence-corrected chi connectivity index (χ4v) is 3.31. The molecule has 0 saturated carbocycles. The molecule has 28 heavy (non-hydrogen) atoms. The van der Waals surface area contributed by atoms with Gasteiger partial charge in [-0.05, 0) is 49.1 Å². The van der Waals surface area contributed by atoms with Crippen molar-refractivity contribution in [1.82, 2.24) is 15.6 Å². The van der Waals surface area contributed by atoms with E-state index in [0.717, 1.165) is 11.1 Å². The first-order valence-electron chi connectivity index (χ1n) is 9.36. The number of amides is 1. The zero-order valence-corrected chi connectivity index (χ0v) is 15.9. The van der Waals surface area contributed by atoms with Gasteiger partial charge in [0, 0.05) is 32.2 Å². The third-order valence-electron chi connectivity index (χ3n) is 5.14. The molecular formula is C21H25N3O4. The van der Waals surface area contributed by atoms with Crippen LogP contribution in [0.2, 0.25) is 0 Å². The van der Waals surface area contributed by atoms with Crippen LogP contribution in [0.3, 0.4) is 0 Å². The van der Waals surface area contributed by atoms with Crippen molar-refractivity contribution in [2.24, 2.45) is 0 Å². The van der Waals surface area contributed by atoms with Crippen molar-refractivity contribution >= 4 is 11.9 Å². The number of carboxylic acids is 1. The highest BCUT2D eigenvalue weighted by Gasteiger charge is 2.40. The molecule has 3 rings (SSSR count). The average Bonchev–Trinajstić information content (AvgIpc) is 2.73. The van der Waals surface area contributed by atoms with E-state index >= 15 is 0 Å². The fourth-order valence-electron chi connectivity index (χ4n) is 3.31. The van der Waals surface area contributed by atoms with Crippen molar-refractivity contribution < 1.29 is 19.4 Å². The van der Waals surface area contributed by atoms with E-state index in [1.54, 1.807) is 36.7 Å². The van der Waals surface area contributed by atoms with Gasteiger partial charge in [0.05, 0.1) is 11.6 Å². The highest BCUT2D eigenvalue weighted by atomic mass is 16.5. The van der Waals surface area contributed by atoms with Gasteiger partial charge < -0.3 is 15.2 Å². The van der Waals surface area contributed by atoms with Crippen LogP contribution < -0.4 is 10.6 Å². The Labute approximate surface area is 164 Å². The molecule has 2 heterocycles. The number of benzene rings is 1. The lowest BCUT2D eigenvalue weighted by atomic mass is 9.88. The van der Waals surface area contributed by atoms with Crippen LogP contribution in [0.4, 0.5) is 0 Å². The minimum atomic E-state index is -0.969. The molecule has 1 atom stereocenters. The summed E-state index contributed by atoms with van der Waals surface area (Å²) in [4.78, 5) is 28.3. The quantitative estimate of drug-likeness (QED) is 0.678. The Morgan fingerprint density at radius 1 is 1.21 bits per heavy atom. The largest absolute Gasteiger partial charge is 0.478 e. The molecule has 0 aliphatic carbocycles. The van der Waals surface area contributed by atoms with Crippen molar-refractivity contribution in [3.8, 4) is 0 Å². The van der Waals surface area contributed by atoms with Crippen LogP contribution in [0.1, 0.15) is 47.3 Å². The maximum atomic E-state index is 13.2. The smallest absolute Gasteiger partial charge is 0.335 e. The maximum absolute atomic E-state index is 13.2. The lowest BCUT2D eigenvalue weighted by Gasteiger charge is -2.37. The predicted octanol–water partition coefficient (Wildman–Crippen LogP) is 2.30. The van der Waals surface area contributed by atoms with Gasteiger partial charge in [-0.1, -0.05) is 18.2 Å². The first kappa shape index (κ1) is 20.0. The Morgan fingerprint density at radius 2 is 1.93 bits per heavy atom. The molecule has 1 amide bonds. The van der Waals surface area contributed by atoms with Crippen molar-refractivity contribution in [3.63, 3.8) is 0 Å². The molecule has 0 spiro atoms. The predicted molar refractivity (Wildman–Crippen MR) is 104 cm³/mol. The molecule has 1 aliphatic rings. The summed E-state index contributed by atoms with van der Waals surface area (Å²) in [6.45, 7) is 3.48. The summed E-state index contributed by atoms with van der Waals surface area (Å²) < 4.78 is 5.46. The van der Waals surface area contributed by atoms with E-state index in [2.05, 4.69) is 15.6 Å². The van der Waals surface area contributed by atoms with E-state index < -0.39 is 11.5 Å². The summed E-state index contributed by atoms with van der Waals surface area (Å²) in [7, 11) is 0. The molecule has 1 aromatic heterocycles. The van der Waals surface area contributed by atoms with Gasteiger partial charge in [-0.15, -0.1) is 0 Å². The monoisotopic (exact) mass is 383 g/mol. The first-order chi connectivity index (χ1) is 13.5. The molecule has 148 valence electrons. The van der Waals surface area contributed by atoms with Gasteiger partial charge in [0.25, 0.3) is 0 Å². The van der Waals surface area contributed by atoms with Crippen molar-refractivity contribution in [3.05, 3.63) is 65.5 Å². The number of hydrogen-bond acceptors (Lipinski definition) is 5. The molecule has 3 N–H and O–H groups in total. The number of aromatic carboxylic acids is 1. The molecule has 1 saturated heterocycles. The summed E-state index contributed by atoms with van der Waals surface area (Å²) in [6.07, 6.45) is 4.68. The van der Waals surface area contributed by atoms with Gasteiger partial charge in [0.15, 0.2) is 0 Å². The van der Waals surface area contributed by atoms with Gasteiger partial charge in [-0.25, -0.2) is 4.79 Å². The number of nitrogens with zero attached hydrogens (tertiary/aromatic N) is 1. The fraction of sp³-hybridized carbons (Fsp3) is 0.381. The second kappa shape index (κ2) is 8.95. The second-order valence-corrected chi connectivity index (χ2v) is 7.03. The number of carbonyl (C=O) groups is 2. The average molecular weight is 383 g/mol. The minimum absolute atomic E-state index is 0.0745. The summed E-state index contributed by atoms with van der Waals surface area (Å²) in [5, 5.41) is 15.5. The van der Waals surface area contributed by atoms with Crippen LogP contribution in [0, 0.1) is 0 Å². The summed E-state index contributed by atoms with van der Waals surface area (Å²) in [5.41, 5.74) is 1.39. The number of carboxylic acid groups (broad SMARTS) is 1. The lowest BCUT2D eigenvalue weighted by molar-refractivity contribution is -0.132. The van der Waals surface area contributed by atoms with Gasteiger partial charge in [0.1, 0.15) is 5.54 Å². The number of pyridine rings is 1. The Kier molecular flexibility index (Phi) is 6.38. The summed E-state index contributed by atoms with van der Waals surface area (Å²) in [5.74, 6) is -1.04. The molecule has 2 aromatic rings. The highest BCUT2D eigenvalue weighted by molar-refractivity contribution is 5.88. The van der Waals surface area contributed by atoms with E-state index in [1.165, 1.54) is 0 Å². The van der Waals surface area contributed by atoms with Gasteiger partial charge in [-0.2, -0.15) is 0 Å². The van der Waals surface area contributed by atoms with Crippen molar-refractivity contribution in [1.29, 1.82) is 0 Å². The number of hydrogen-bond donors (Lipinski definition) is 3. The molecular weight excluding hydrogens is 358 g/mol. The Balaban J connectivity index is 1.69. The molecule has 0 bridgehead atoms. The van der Waals surface area contributed by atoms with Gasteiger partial charge in [-0.3, -0.25) is 15.1 Å². The van der Waals surface area contributed by atoms with E-state index in [1.807, 2.05) is 19.1 Å². The molecule has 1 fully saturated rings. The number of aromatic nitrogens is 1. The first-order valence-corrected chi connectivity index (χ1v) is 9.36. The molecule has 1 aliphatic heterocycles. The van der Waals surface area contributed by atoms with Crippen molar-refractivity contribution in [2.75, 3.05) is 13.2 Å². The number of nitrogens with one attached hydrogen (secondary N) is 2. The van der Waals surface area contributed by atoms with Crippen LogP contribution in [-0.2, 0) is 16.1 Å². The van der Waals surface area contributed by atoms with E-state index in [9.17, 15) is 9.59 Å². The molecule has 0 radical (unpaired) electrons. The van der Waals surface area contributed by atoms with Crippen LogP contribution in [-0.4, -0.2) is 40.7 Å². The highest BCUT2D eigenvalue weighted by Crippen LogP contribution is 2.24. The topological polar surface area (TPSA) is 101 Å². The molecule has 0 unspecified atom stereocenters. The van der Waals surface area contributed by atoms with Crippen LogP contribution >= 0.6 is 0 Å². The number of carbonyl (C=O) groups excluding carboxylic acids is 1. The normalized spacial score (nSPS) is 16.9. The van der Waals surface area contributed by atoms with Crippen LogP contribution in [0.25, 0.3) is 0 Å². The third kappa shape index (κ3) is 4.74. The Bertz CT molecular complexity index is 802. The van der Waals surface area contributed by atoms with Crippen LogP contribution in [0.15, 0.2) is 48.8 Å². The van der Waals surface area contributed by atoms with Gasteiger partial charge >= 0.3 is 5.97 Å². The second-order valence-electron chi connectivity index (χ2n) is 7.03. The standard InChI is InChI=1S/C21H25N3O4/c1-15(17-4-6-18(7-5-17)19(25)26)24-20(27)21(8-11-28-12-9-21)23-14-16-3-2-10-22-13-16/h2-7,10,13,15,23H,8-9,11-12,14H2,1H3,(H,24,27)(H,25,26)/t15-/m0/s1. The van der Waals surface area contributed by atoms with E-state index in [0.29, 0.717) is 32.6 Å². The summed E-state index contributed by atoms with van der Waals surface area (Å²) >= 11 is 0. The number of ether oxygens (including phenoxy) is 1. The summed E-state index contributed by atoms with van der Waals surface area (Å²) in [6, 6.07) is 10.2. The molecule has 7 nitrogen and oxygen atoms in total. The SMILES string of the molecule is C[C@H](NC(=O)C1(NCc2cccnc2)CCOCC1)c1ccc(C(=O)O)cc1. The number of rotatable bonds is 7. The molecule has 1 aromatic carbocycles. The Morgan fingerprint density at radius 3 is 2.54 bits per heavy atom. The van der Waals surface area contributed by atoms with E-state index in [-0.39, 0.29) is 17.5 Å². The zero-order valence-electron chi connectivity index (χ0n) is 15.9. The van der Waals surface area contributed by atoms with Gasteiger partial charge in [0.2, 0.25) is 5.91 Å².